The van der Waals surface area contributed by atoms with Crippen LogP contribution in [0, 0.1) is 51.7 Å². The number of benzene rings is 2. The van der Waals surface area contributed by atoms with Crippen molar-refractivity contribution in [2.75, 3.05) is 5.32 Å². The molecule has 0 saturated heterocycles. The first-order chi connectivity index (χ1) is 12.8. The second kappa shape index (κ2) is 8.11. The van der Waals surface area contributed by atoms with Gasteiger partial charge in [0.15, 0.2) is 23.3 Å². The van der Waals surface area contributed by atoms with Crippen LogP contribution in [0.3, 0.4) is 0 Å². The van der Waals surface area contributed by atoms with Crippen molar-refractivity contribution in [2.24, 2.45) is 0 Å². The Bertz CT molecular complexity index is 972. The van der Waals surface area contributed by atoms with Gasteiger partial charge in [0.1, 0.15) is 17.7 Å². The van der Waals surface area contributed by atoms with Gasteiger partial charge in [-0.3, -0.25) is 4.79 Å². The van der Waals surface area contributed by atoms with E-state index in [1.54, 1.807) is 12.1 Å². The van der Waals surface area contributed by atoms with Crippen molar-refractivity contribution in [1.82, 2.24) is 0 Å². The van der Waals surface area contributed by atoms with Gasteiger partial charge in [-0.05, 0) is 23.8 Å². The van der Waals surface area contributed by atoms with Gasteiger partial charge in [0.25, 0.3) is 0 Å². The molecule has 0 aliphatic carbocycles. The third-order valence-corrected chi connectivity index (χ3v) is 3.38. The Morgan fingerprint density at radius 1 is 0.889 bits per heavy atom. The topological polar surface area (TPSA) is 76.7 Å². The molecule has 1 N–H and O–H groups in total. The van der Waals surface area contributed by atoms with Gasteiger partial charge in [-0.25, -0.2) is 22.0 Å². The second-order valence-electron chi connectivity index (χ2n) is 5.18. The van der Waals surface area contributed by atoms with E-state index < -0.39 is 47.0 Å². The van der Waals surface area contributed by atoms with E-state index in [0.717, 1.165) is 0 Å². The molecule has 2 aromatic carbocycles. The molecule has 0 spiro atoms. The van der Waals surface area contributed by atoms with Crippen molar-refractivity contribution < 1.29 is 26.7 Å². The van der Waals surface area contributed by atoms with Gasteiger partial charge in [-0.1, -0.05) is 12.1 Å². The Morgan fingerprint density at radius 3 is 1.85 bits per heavy atom. The van der Waals surface area contributed by atoms with E-state index in [1.807, 2.05) is 0 Å². The van der Waals surface area contributed by atoms with Crippen LogP contribution in [0.5, 0.6) is 0 Å². The predicted molar refractivity (Wildman–Crippen MR) is 84.2 cm³/mol. The maximum atomic E-state index is 13.6. The summed E-state index contributed by atoms with van der Waals surface area (Å²) in [5.74, 6) is -11.7. The van der Waals surface area contributed by atoms with Crippen LogP contribution in [0.4, 0.5) is 27.6 Å². The van der Waals surface area contributed by atoms with Crippen LogP contribution in [-0.4, -0.2) is 5.91 Å². The summed E-state index contributed by atoms with van der Waals surface area (Å²) < 4.78 is 66.4. The molecule has 0 saturated carbocycles. The Hall–Kier alpha value is -3.72. The number of carbonyl (C=O) groups excluding carboxylic acids is 1. The molecule has 0 aromatic heterocycles. The summed E-state index contributed by atoms with van der Waals surface area (Å²) in [6.45, 7) is 0. The first kappa shape index (κ1) is 19.6. The lowest BCUT2D eigenvalue weighted by molar-refractivity contribution is -0.115. The van der Waals surface area contributed by atoms with Gasteiger partial charge >= 0.3 is 0 Å². The molecule has 2 aromatic rings. The number of nitriles is 2. The predicted octanol–water partition coefficient (Wildman–Crippen LogP) is 3.99. The van der Waals surface area contributed by atoms with E-state index in [-0.39, 0.29) is 11.3 Å². The third-order valence-electron chi connectivity index (χ3n) is 3.38. The number of amides is 1. The quantitative estimate of drug-likeness (QED) is 0.379. The zero-order valence-corrected chi connectivity index (χ0v) is 13.3. The number of carbonyl (C=O) groups is 1. The highest BCUT2D eigenvalue weighted by atomic mass is 19.2. The minimum atomic E-state index is -2.30. The lowest BCUT2D eigenvalue weighted by Crippen LogP contribution is -2.18. The molecule has 9 heteroatoms. The van der Waals surface area contributed by atoms with Gasteiger partial charge < -0.3 is 5.32 Å². The molecular weight excluding hydrogens is 369 g/mol. The highest BCUT2D eigenvalue weighted by Gasteiger charge is 2.26. The van der Waals surface area contributed by atoms with E-state index in [4.69, 9.17) is 10.5 Å². The zero-order chi connectivity index (χ0) is 20.1. The minimum Gasteiger partial charge on any atom is -0.326 e. The Balaban J connectivity index is 2.17. The van der Waals surface area contributed by atoms with Crippen molar-refractivity contribution in [3.05, 3.63) is 70.1 Å². The van der Waals surface area contributed by atoms with Crippen LogP contribution in [0.25, 0.3) is 6.08 Å². The largest absolute Gasteiger partial charge is 0.326 e. The van der Waals surface area contributed by atoms with Crippen molar-refractivity contribution in [2.45, 2.75) is 6.42 Å². The first-order valence-corrected chi connectivity index (χ1v) is 7.20. The maximum absolute atomic E-state index is 13.6. The number of nitrogens with zero attached hydrogens (tertiary/aromatic N) is 2. The number of anilines is 1. The summed E-state index contributed by atoms with van der Waals surface area (Å²) in [5, 5.41) is 19.6. The Kier molecular flexibility index (Phi) is 5.89. The number of halogens is 5. The molecule has 0 bridgehead atoms. The SMILES string of the molecule is N#CC(C#N)=Cc1ccc(NC(=O)Cc2c(F)c(F)c(F)c(F)c2F)cc1. The number of rotatable bonds is 4. The van der Waals surface area contributed by atoms with E-state index in [9.17, 15) is 26.7 Å². The standard InChI is InChI=1S/C18H8F5N3O/c19-14-12(15(20)17(22)18(23)16(14)21)6-13(27)26-11-3-1-9(2-4-11)5-10(7-24)8-25/h1-5H,6H2,(H,26,27). The molecule has 0 aliphatic rings. The van der Waals surface area contributed by atoms with Gasteiger partial charge in [0.05, 0.1) is 6.42 Å². The van der Waals surface area contributed by atoms with Crippen LogP contribution < -0.4 is 5.32 Å². The highest BCUT2D eigenvalue weighted by molar-refractivity contribution is 5.92. The zero-order valence-electron chi connectivity index (χ0n) is 13.3. The fourth-order valence-corrected chi connectivity index (χ4v) is 2.09. The maximum Gasteiger partial charge on any atom is 0.229 e. The molecule has 0 unspecified atom stereocenters. The van der Waals surface area contributed by atoms with Crippen molar-refractivity contribution in [3.8, 4) is 12.1 Å². The Labute approximate surface area is 149 Å². The Morgan fingerprint density at radius 2 is 1.37 bits per heavy atom. The summed E-state index contributed by atoms with van der Waals surface area (Å²) in [7, 11) is 0. The summed E-state index contributed by atoms with van der Waals surface area (Å²) in [4.78, 5) is 11.9. The van der Waals surface area contributed by atoms with Gasteiger partial charge in [0.2, 0.25) is 11.7 Å². The van der Waals surface area contributed by atoms with E-state index in [1.165, 1.54) is 30.3 Å². The molecular formula is C18H8F5N3O. The van der Waals surface area contributed by atoms with Crippen LogP contribution >= 0.6 is 0 Å². The van der Waals surface area contributed by atoms with Gasteiger partial charge in [0, 0.05) is 11.3 Å². The molecule has 1 amide bonds. The molecule has 0 radical (unpaired) electrons. The fraction of sp³-hybridized carbons (Fsp3) is 0.0556. The molecule has 0 fully saturated rings. The molecule has 0 heterocycles. The molecule has 0 atom stereocenters. The number of allylic oxidation sites excluding steroid dienone is 1. The van der Waals surface area contributed by atoms with Crippen molar-refractivity contribution in [1.29, 1.82) is 10.5 Å². The normalized spacial score (nSPS) is 9.89. The van der Waals surface area contributed by atoms with E-state index >= 15 is 0 Å². The second-order valence-corrected chi connectivity index (χ2v) is 5.18. The summed E-state index contributed by atoms with van der Waals surface area (Å²) in [6.07, 6.45) is 0.223. The summed E-state index contributed by atoms with van der Waals surface area (Å²) >= 11 is 0. The van der Waals surface area contributed by atoms with Crippen molar-refractivity contribution >= 4 is 17.7 Å². The average Bonchev–Trinajstić information content (AvgIpc) is 2.67. The fourth-order valence-electron chi connectivity index (χ4n) is 2.09. The lowest BCUT2D eigenvalue weighted by Gasteiger charge is -2.09. The van der Waals surface area contributed by atoms with Crippen LogP contribution in [0.2, 0.25) is 0 Å². The average molecular weight is 377 g/mol. The lowest BCUT2D eigenvalue weighted by atomic mass is 10.1. The van der Waals surface area contributed by atoms with E-state index in [2.05, 4.69) is 5.32 Å². The number of nitrogens with one attached hydrogen (secondary N) is 1. The smallest absolute Gasteiger partial charge is 0.229 e. The molecule has 0 aliphatic heterocycles. The molecule has 27 heavy (non-hydrogen) atoms. The van der Waals surface area contributed by atoms with Gasteiger partial charge in [-0.15, -0.1) is 0 Å². The van der Waals surface area contributed by atoms with Crippen LogP contribution in [0.15, 0.2) is 29.8 Å². The summed E-state index contributed by atoms with van der Waals surface area (Å²) in [6, 6.07) is 8.97. The molecule has 2 rings (SSSR count). The van der Waals surface area contributed by atoms with Gasteiger partial charge in [-0.2, -0.15) is 10.5 Å². The number of hydrogen-bond donors (Lipinski definition) is 1. The van der Waals surface area contributed by atoms with Crippen molar-refractivity contribution in [3.63, 3.8) is 0 Å². The molecule has 136 valence electrons. The van der Waals surface area contributed by atoms with E-state index in [0.29, 0.717) is 5.56 Å². The minimum absolute atomic E-state index is 0.141. The summed E-state index contributed by atoms with van der Waals surface area (Å²) in [5.41, 5.74) is -0.725. The highest BCUT2D eigenvalue weighted by Crippen LogP contribution is 2.23. The van der Waals surface area contributed by atoms with Crippen LogP contribution in [0.1, 0.15) is 11.1 Å². The van der Waals surface area contributed by atoms with Crippen LogP contribution in [-0.2, 0) is 11.2 Å². The number of hydrogen-bond acceptors (Lipinski definition) is 3. The monoisotopic (exact) mass is 377 g/mol. The molecule has 4 nitrogen and oxygen atoms in total. The third kappa shape index (κ3) is 4.28. The first-order valence-electron chi connectivity index (χ1n) is 7.20.